The standard InChI is InChI=1S/C22H23Cl3N4O/c1-4-12-28(5-2)22(30)26-21-14(3)20(15-6-8-16(23)9-7-15)29(27-21)19-11-10-17(24)13-18(19)25/h6-11,13H,4-5,12H2,1-3H3,(H,26,27,30). The van der Waals surface area contributed by atoms with Crippen LogP contribution in [0.1, 0.15) is 25.8 Å². The second kappa shape index (κ2) is 9.73. The summed E-state index contributed by atoms with van der Waals surface area (Å²) in [6.45, 7) is 7.20. The number of carbonyl (C=O) groups is 1. The van der Waals surface area contributed by atoms with Gasteiger partial charge in [0.25, 0.3) is 0 Å². The molecular formula is C22H23Cl3N4O. The molecule has 0 bridgehead atoms. The van der Waals surface area contributed by atoms with Crippen LogP contribution in [0, 0.1) is 6.92 Å². The maximum atomic E-state index is 12.7. The molecule has 1 aromatic heterocycles. The van der Waals surface area contributed by atoms with E-state index in [4.69, 9.17) is 34.8 Å². The molecule has 0 atom stereocenters. The van der Waals surface area contributed by atoms with Crippen molar-refractivity contribution in [2.75, 3.05) is 18.4 Å². The lowest BCUT2D eigenvalue weighted by Gasteiger charge is -2.20. The van der Waals surface area contributed by atoms with Crippen molar-refractivity contribution in [3.8, 4) is 16.9 Å². The maximum Gasteiger partial charge on any atom is 0.323 e. The van der Waals surface area contributed by atoms with E-state index in [1.807, 2.05) is 45.0 Å². The fourth-order valence-corrected chi connectivity index (χ4v) is 3.86. The SMILES string of the molecule is CCCN(CC)C(=O)Nc1nn(-c2ccc(Cl)cc2Cl)c(-c2ccc(Cl)cc2)c1C. The highest BCUT2D eigenvalue weighted by Crippen LogP contribution is 2.34. The molecule has 2 amide bonds. The molecule has 0 saturated heterocycles. The minimum Gasteiger partial charge on any atom is -0.325 e. The number of urea groups is 1. The summed E-state index contributed by atoms with van der Waals surface area (Å²) in [6.07, 6.45) is 0.880. The summed E-state index contributed by atoms with van der Waals surface area (Å²) in [4.78, 5) is 14.5. The molecule has 5 nitrogen and oxygen atoms in total. The molecule has 0 aliphatic rings. The van der Waals surface area contributed by atoms with E-state index in [-0.39, 0.29) is 6.03 Å². The molecule has 0 aliphatic heterocycles. The van der Waals surface area contributed by atoms with Gasteiger partial charge < -0.3 is 4.90 Å². The van der Waals surface area contributed by atoms with Crippen molar-refractivity contribution in [3.05, 3.63) is 63.1 Å². The van der Waals surface area contributed by atoms with Gasteiger partial charge in [-0.15, -0.1) is 5.10 Å². The van der Waals surface area contributed by atoms with E-state index in [1.165, 1.54) is 0 Å². The van der Waals surface area contributed by atoms with Gasteiger partial charge in [0.1, 0.15) is 0 Å². The number of rotatable bonds is 6. The highest BCUT2D eigenvalue weighted by Gasteiger charge is 2.21. The quantitative estimate of drug-likeness (QED) is 0.423. The van der Waals surface area contributed by atoms with Gasteiger partial charge in [0.2, 0.25) is 0 Å². The Bertz CT molecular complexity index is 1050. The van der Waals surface area contributed by atoms with Crippen LogP contribution in [0.2, 0.25) is 15.1 Å². The second-order valence-electron chi connectivity index (χ2n) is 6.85. The van der Waals surface area contributed by atoms with Crippen molar-refractivity contribution >= 4 is 46.7 Å². The fraction of sp³-hybridized carbons (Fsp3) is 0.273. The summed E-state index contributed by atoms with van der Waals surface area (Å²) in [5.74, 6) is 0.477. The van der Waals surface area contributed by atoms with Gasteiger partial charge in [0.15, 0.2) is 5.82 Å². The van der Waals surface area contributed by atoms with Crippen LogP contribution in [-0.4, -0.2) is 33.8 Å². The van der Waals surface area contributed by atoms with Gasteiger partial charge in [-0.1, -0.05) is 53.9 Å². The number of carbonyl (C=O) groups excluding carboxylic acids is 1. The highest BCUT2D eigenvalue weighted by molar-refractivity contribution is 6.35. The van der Waals surface area contributed by atoms with Crippen molar-refractivity contribution in [1.29, 1.82) is 0 Å². The summed E-state index contributed by atoms with van der Waals surface area (Å²) >= 11 is 18.6. The van der Waals surface area contributed by atoms with Crippen LogP contribution in [0.15, 0.2) is 42.5 Å². The molecule has 0 unspecified atom stereocenters. The van der Waals surface area contributed by atoms with E-state index < -0.39 is 0 Å². The predicted molar refractivity (Wildman–Crippen MR) is 125 cm³/mol. The second-order valence-corrected chi connectivity index (χ2v) is 8.13. The van der Waals surface area contributed by atoms with E-state index in [2.05, 4.69) is 10.4 Å². The zero-order valence-electron chi connectivity index (χ0n) is 17.0. The highest BCUT2D eigenvalue weighted by atomic mass is 35.5. The minimum atomic E-state index is -0.183. The molecule has 2 aromatic carbocycles. The number of benzene rings is 2. The molecule has 1 N–H and O–H groups in total. The van der Waals surface area contributed by atoms with Crippen LogP contribution in [0.25, 0.3) is 16.9 Å². The van der Waals surface area contributed by atoms with Gasteiger partial charge in [-0.25, -0.2) is 9.48 Å². The lowest BCUT2D eigenvalue weighted by atomic mass is 10.1. The zero-order valence-corrected chi connectivity index (χ0v) is 19.3. The Kier molecular flexibility index (Phi) is 7.29. The van der Waals surface area contributed by atoms with Crippen LogP contribution in [0.5, 0.6) is 0 Å². The zero-order chi connectivity index (χ0) is 21.8. The van der Waals surface area contributed by atoms with Crippen LogP contribution in [0.4, 0.5) is 10.6 Å². The molecule has 3 rings (SSSR count). The Labute approximate surface area is 191 Å². The van der Waals surface area contributed by atoms with Crippen LogP contribution < -0.4 is 5.32 Å². The third kappa shape index (κ3) is 4.75. The Hall–Kier alpha value is -2.21. The van der Waals surface area contributed by atoms with Crippen molar-refractivity contribution in [1.82, 2.24) is 14.7 Å². The van der Waals surface area contributed by atoms with E-state index in [9.17, 15) is 4.79 Å². The van der Waals surface area contributed by atoms with Crippen LogP contribution >= 0.6 is 34.8 Å². The molecule has 0 radical (unpaired) electrons. The van der Waals surface area contributed by atoms with Crippen LogP contribution in [-0.2, 0) is 0 Å². The average molecular weight is 466 g/mol. The van der Waals surface area contributed by atoms with Crippen molar-refractivity contribution in [2.45, 2.75) is 27.2 Å². The van der Waals surface area contributed by atoms with Gasteiger partial charge in [0.05, 0.1) is 16.4 Å². The Morgan fingerprint density at radius 3 is 2.33 bits per heavy atom. The first kappa shape index (κ1) is 22.5. The van der Waals surface area contributed by atoms with Gasteiger partial charge in [-0.2, -0.15) is 0 Å². The summed E-state index contributed by atoms with van der Waals surface area (Å²) in [6, 6.07) is 12.5. The smallest absolute Gasteiger partial charge is 0.323 e. The minimum absolute atomic E-state index is 0.183. The number of hydrogen-bond donors (Lipinski definition) is 1. The monoisotopic (exact) mass is 464 g/mol. The topological polar surface area (TPSA) is 50.2 Å². The molecule has 0 spiro atoms. The van der Waals surface area contributed by atoms with E-state index in [0.717, 1.165) is 23.2 Å². The Balaban J connectivity index is 2.12. The number of aromatic nitrogens is 2. The van der Waals surface area contributed by atoms with Crippen molar-refractivity contribution in [2.24, 2.45) is 0 Å². The van der Waals surface area contributed by atoms with Gasteiger partial charge in [-0.3, -0.25) is 5.32 Å². The number of amides is 2. The number of nitrogens with one attached hydrogen (secondary N) is 1. The molecule has 0 aliphatic carbocycles. The molecule has 0 saturated carbocycles. The maximum absolute atomic E-state index is 12.7. The summed E-state index contributed by atoms with van der Waals surface area (Å²) in [5.41, 5.74) is 3.20. The number of hydrogen-bond acceptors (Lipinski definition) is 2. The average Bonchev–Trinajstić information content (AvgIpc) is 3.02. The number of anilines is 1. The summed E-state index contributed by atoms with van der Waals surface area (Å²) < 4.78 is 1.73. The van der Waals surface area contributed by atoms with E-state index in [0.29, 0.717) is 39.7 Å². The molecule has 158 valence electrons. The molecule has 8 heteroatoms. The largest absolute Gasteiger partial charge is 0.325 e. The first-order valence-corrected chi connectivity index (χ1v) is 10.9. The Morgan fingerprint density at radius 1 is 1.07 bits per heavy atom. The number of halogens is 3. The molecule has 3 aromatic rings. The molecule has 0 fully saturated rings. The van der Waals surface area contributed by atoms with Crippen molar-refractivity contribution < 1.29 is 4.79 Å². The number of nitrogens with zero attached hydrogens (tertiary/aromatic N) is 3. The van der Waals surface area contributed by atoms with E-state index >= 15 is 0 Å². The first-order chi connectivity index (χ1) is 14.3. The summed E-state index contributed by atoms with van der Waals surface area (Å²) in [5, 5.41) is 9.26. The van der Waals surface area contributed by atoms with Gasteiger partial charge in [0, 0.05) is 34.3 Å². The molecular weight excluding hydrogens is 443 g/mol. The normalized spacial score (nSPS) is 10.9. The predicted octanol–water partition coefficient (Wildman–Crippen LogP) is 7.07. The first-order valence-electron chi connectivity index (χ1n) is 9.72. The van der Waals surface area contributed by atoms with E-state index in [1.54, 1.807) is 27.8 Å². The molecule has 30 heavy (non-hydrogen) atoms. The van der Waals surface area contributed by atoms with Crippen molar-refractivity contribution in [3.63, 3.8) is 0 Å². The third-order valence-electron chi connectivity index (χ3n) is 4.77. The fourth-order valence-electron chi connectivity index (χ4n) is 3.24. The lowest BCUT2D eigenvalue weighted by Crippen LogP contribution is -2.35. The molecule has 1 heterocycles. The summed E-state index contributed by atoms with van der Waals surface area (Å²) in [7, 11) is 0. The van der Waals surface area contributed by atoms with Gasteiger partial charge >= 0.3 is 6.03 Å². The third-order valence-corrected chi connectivity index (χ3v) is 5.56. The lowest BCUT2D eigenvalue weighted by molar-refractivity contribution is 0.214. The van der Waals surface area contributed by atoms with Crippen LogP contribution in [0.3, 0.4) is 0 Å². The van der Waals surface area contributed by atoms with Gasteiger partial charge in [-0.05, 0) is 50.6 Å². The Morgan fingerprint density at radius 2 is 1.73 bits per heavy atom.